The number of aromatic nitrogens is 3. The molecule has 8 heteroatoms. The second kappa shape index (κ2) is 7.21. The highest BCUT2D eigenvalue weighted by molar-refractivity contribution is 5.78. The van der Waals surface area contributed by atoms with E-state index in [-0.39, 0.29) is 23.3 Å². The molecule has 0 saturated carbocycles. The number of hydrogen-bond acceptors (Lipinski definition) is 4. The summed E-state index contributed by atoms with van der Waals surface area (Å²) in [5.74, 6) is 0.766. The summed E-state index contributed by atoms with van der Waals surface area (Å²) in [5.41, 5.74) is 1.98. The monoisotopic (exact) mass is 428 g/mol. The van der Waals surface area contributed by atoms with Gasteiger partial charge in [-0.1, -0.05) is 20.8 Å². The molecule has 2 amide bonds. The molecular weight excluding hydrogens is 395 g/mol. The maximum Gasteiger partial charge on any atom is 0.321 e. The van der Waals surface area contributed by atoms with Crippen molar-refractivity contribution in [1.29, 1.82) is 0 Å². The smallest absolute Gasteiger partial charge is 0.321 e. The van der Waals surface area contributed by atoms with Crippen molar-refractivity contribution in [2.75, 3.05) is 11.9 Å². The molecule has 2 aromatic rings. The molecule has 0 radical (unpaired) electrons. The standard InChI is InChI=1S/C23H33FN6O/c1-13-10-15(3)29(12-22(13,4)5)21(31)30-11-16-18(23(30,6)7)27-28-19(16)26-20-17(24)9-8-14(2)25-20/h8-9,13,15H,10-12H2,1-7H3,(H2,25,26,27,28)/t13?,15-/m0/s1. The van der Waals surface area contributed by atoms with Gasteiger partial charge in [0, 0.05) is 23.8 Å². The number of pyridine rings is 1. The molecule has 31 heavy (non-hydrogen) atoms. The summed E-state index contributed by atoms with van der Waals surface area (Å²) >= 11 is 0. The molecule has 2 aromatic heterocycles. The van der Waals surface area contributed by atoms with Crippen molar-refractivity contribution in [3.63, 3.8) is 0 Å². The zero-order valence-electron chi connectivity index (χ0n) is 19.5. The molecule has 0 aromatic carbocycles. The molecule has 1 unspecified atom stereocenters. The minimum Gasteiger partial charge on any atom is -0.321 e. The van der Waals surface area contributed by atoms with Crippen molar-refractivity contribution in [2.45, 2.75) is 73.0 Å². The largest absolute Gasteiger partial charge is 0.321 e. The number of aryl methyl sites for hydroxylation is 1. The van der Waals surface area contributed by atoms with E-state index >= 15 is 0 Å². The first-order valence-corrected chi connectivity index (χ1v) is 11.0. The number of nitrogens with zero attached hydrogens (tertiary/aromatic N) is 4. The number of fused-ring (bicyclic) bond motifs is 1. The van der Waals surface area contributed by atoms with Crippen molar-refractivity contribution < 1.29 is 9.18 Å². The molecule has 7 nitrogen and oxygen atoms in total. The van der Waals surface area contributed by atoms with Crippen LogP contribution in [0.1, 0.15) is 64.9 Å². The van der Waals surface area contributed by atoms with Crippen molar-refractivity contribution >= 4 is 17.7 Å². The maximum atomic E-state index is 14.2. The first kappa shape index (κ1) is 21.6. The van der Waals surface area contributed by atoms with Gasteiger partial charge in [-0.25, -0.2) is 14.2 Å². The lowest BCUT2D eigenvalue weighted by molar-refractivity contribution is 0.0227. The Hall–Kier alpha value is -2.64. The normalized spacial score (nSPS) is 24.3. The van der Waals surface area contributed by atoms with Gasteiger partial charge in [0.05, 0.1) is 17.8 Å². The number of amides is 2. The predicted octanol–water partition coefficient (Wildman–Crippen LogP) is 4.92. The molecule has 0 aliphatic carbocycles. The van der Waals surface area contributed by atoms with Crippen LogP contribution in [0.25, 0.3) is 0 Å². The van der Waals surface area contributed by atoms with E-state index in [1.807, 2.05) is 30.6 Å². The summed E-state index contributed by atoms with van der Waals surface area (Å²) in [4.78, 5) is 21.8. The minimum atomic E-state index is -0.551. The average molecular weight is 429 g/mol. The van der Waals surface area contributed by atoms with Crippen molar-refractivity contribution in [3.05, 3.63) is 34.9 Å². The number of piperidine rings is 1. The van der Waals surface area contributed by atoms with E-state index in [9.17, 15) is 9.18 Å². The number of carbonyl (C=O) groups excluding carboxylic acids is 1. The zero-order chi connectivity index (χ0) is 22.7. The van der Waals surface area contributed by atoms with Gasteiger partial charge in [0.1, 0.15) is 0 Å². The van der Waals surface area contributed by atoms with Gasteiger partial charge in [0.25, 0.3) is 0 Å². The Morgan fingerprint density at radius 1 is 1.23 bits per heavy atom. The number of likely N-dealkylation sites (tertiary alicyclic amines) is 1. The van der Waals surface area contributed by atoms with Crippen LogP contribution in [-0.4, -0.2) is 43.6 Å². The van der Waals surface area contributed by atoms with Crippen LogP contribution in [0, 0.1) is 24.1 Å². The van der Waals surface area contributed by atoms with Crippen LogP contribution in [0.3, 0.4) is 0 Å². The lowest BCUT2D eigenvalue weighted by Gasteiger charge is -2.49. The number of nitrogens with one attached hydrogen (secondary N) is 2. The molecule has 4 rings (SSSR count). The molecule has 2 aliphatic rings. The lowest BCUT2D eigenvalue weighted by atomic mass is 9.73. The molecular formula is C23H33FN6O. The van der Waals surface area contributed by atoms with Crippen LogP contribution in [0.15, 0.2) is 12.1 Å². The molecule has 1 fully saturated rings. The van der Waals surface area contributed by atoms with Crippen LogP contribution >= 0.6 is 0 Å². The summed E-state index contributed by atoms with van der Waals surface area (Å²) in [5, 5.41) is 10.5. The Balaban J connectivity index is 1.60. The van der Waals surface area contributed by atoms with Crippen LogP contribution in [0.5, 0.6) is 0 Å². The van der Waals surface area contributed by atoms with Gasteiger partial charge in [-0.05, 0) is 57.6 Å². The molecule has 2 atom stereocenters. The Bertz CT molecular complexity index is 1010. The average Bonchev–Trinajstić information content (AvgIpc) is 3.19. The summed E-state index contributed by atoms with van der Waals surface area (Å²) in [6, 6.07) is 3.23. The third kappa shape index (κ3) is 3.55. The van der Waals surface area contributed by atoms with E-state index in [1.165, 1.54) is 6.07 Å². The second-order valence-electron chi connectivity index (χ2n) is 10.4. The topological polar surface area (TPSA) is 77.2 Å². The zero-order valence-corrected chi connectivity index (χ0v) is 19.5. The Labute approximate surface area is 183 Å². The molecule has 0 bridgehead atoms. The number of H-pyrrole nitrogens is 1. The highest BCUT2D eigenvalue weighted by atomic mass is 19.1. The molecule has 168 valence electrons. The Morgan fingerprint density at radius 2 is 1.94 bits per heavy atom. The highest BCUT2D eigenvalue weighted by Crippen LogP contribution is 2.44. The number of urea groups is 1. The van der Waals surface area contributed by atoms with E-state index in [1.54, 1.807) is 6.07 Å². The fraction of sp³-hybridized carbons (Fsp3) is 0.609. The summed E-state index contributed by atoms with van der Waals surface area (Å²) < 4.78 is 14.2. The van der Waals surface area contributed by atoms with E-state index in [4.69, 9.17) is 0 Å². The van der Waals surface area contributed by atoms with E-state index < -0.39 is 11.4 Å². The lowest BCUT2D eigenvalue weighted by Crippen LogP contribution is -2.57. The number of rotatable bonds is 2. The number of anilines is 2. The van der Waals surface area contributed by atoms with Crippen LogP contribution in [0.4, 0.5) is 20.8 Å². The first-order chi connectivity index (χ1) is 14.4. The summed E-state index contributed by atoms with van der Waals surface area (Å²) in [7, 11) is 0. The van der Waals surface area contributed by atoms with Gasteiger partial charge in [-0.15, -0.1) is 0 Å². The van der Waals surface area contributed by atoms with Crippen LogP contribution in [-0.2, 0) is 12.1 Å². The van der Waals surface area contributed by atoms with Gasteiger partial charge < -0.3 is 15.1 Å². The Morgan fingerprint density at radius 3 is 2.65 bits per heavy atom. The molecule has 4 heterocycles. The fourth-order valence-electron chi connectivity index (χ4n) is 4.79. The highest BCUT2D eigenvalue weighted by Gasteiger charge is 2.48. The SMILES string of the molecule is Cc1ccc(F)c(Nc2n[nH]c3c2CN(C(=O)N2CC(C)(C)C(C)C[C@@H]2C)C3(C)C)n1. The van der Waals surface area contributed by atoms with Crippen LogP contribution < -0.4 is 5.32 Å². The molecule has 0 spiro atoms. The Kier molecular flexibility index (Phi) is 5.02. The van der Waals surface area contributed by atoms with Gasteiger partial charge in [0.2, 0.25) is 0 Å². The van der Waals surface area contributed by atoms with E-state index in [0.29, 0.717) is 24.0 Å². The van der Waals surface area contributed by atoms with E-state index in [2.05, 4.69) is 48.2 Å². The van der Waals surface area contributed by atoms with Crippen molar-refractivity contribution in [3.8, 4) is 0 Å². The first-order valence-electron chi connectivity index (χ1n) is 11.0. The summed E-state index contributed by atoms with van der Waals surface area (Å²) in [6.07, 6.45) is 0.991. The quantitative estimate of drug-likeness (QED) is 0.712. The third-order valence-electron chi connectivity index (χ3n) is 7.31. The van der Waals surface area contributed by atoms with Crippen LogP contribution in [0.2, 0.25) is 0 Å². The fourth-order valence-corrected chi connectivity index (χ4v) is 4.79. The second-order valence-corrected chi connectivity index (χ2v) is 10.4. The van der Waals surface area contributed by atoms with Gasteiger partial charge in [-0.2, -0.15) is 5.10 Å². The number of aromatic amines is 1. The third-order valence-corrected chi connectivity index (χ3v) is 7.31. The van der Waals surface area contributed by atoms with E-state index in [0.717, 1.165) is 24.2 Å². The maximum absolute atomic E-state index is 14.2. The molecule has 2 aliphatic heterocycles. The summed E-state index contributed by atoms with van der Waals surface area (Å²) in [6.45, 7) is 15.9. The van der Waals surface area contributed by atoms with Crippen molar-refractivity contribution in [2.24, 2.45) is 11.3 Å². The molecule has 1 saturated heterocycles. The molecule has 2 N–H and O–H groups in total. The van der Waals surface area contributed by atoms with Gasteiger partial charge in [-0.3, -0.25) is 5.10 Å². The number of halogens is 1. The predicted molar refractivity (Wildman–Crippen MR) is 118 cm³/mol. The minimum absolute atomic E-state index is 0.0351. The van der Waals surface area contributed by atoms with Gasteiger partial charge in [0.15, 0.2) is 17.5 Å². The number of hydrogen-bond donors (Lipinski definition) is 2. The number of carbonyl (C=O) groups is 1. The van der Waals surface area contributed by atoms with Crippen molar-refractivity contribution in [1.82, 2.24) is 25.0 Å². The van der Waals surface area contributed by atoms with Gasteiger partial charge >= 0.3 is 6.03 Å².